The molecule has 8 heteroatoms. The largest absolute Gasteiger partial charge is 0.445 e. The van der Waals surface area contributed by atoms with E-state index in [0.717, 1.165) is 11.1 Å². The molecule has 2 aromatic rings. The smallest absolute Gasteiger partial charge is 0.408 e. The predicted octanol–water partition coefficient (Wildman–Crippen LogP) is 1.90. The highest BCUT2D eigenvalue weighted by Crippen LogP contribution is 2.06. The lowest BCUT2D eigenvalue weighted by atomic mass is 10.0. The molecular weight excluding hydrogens is 372 g/mol. The average Bonchev–Trinajstić information content (AvgIpc) is 2.73. The van der Waals surface area contributed by atoms with Gasteiger partial charge in [-0.1, -0.05) is 60.7 Å². The molecule has 0 bridgehead atoms. The number of benzene rings is 2. The number of nitrogens with one attached hydrogen (secondary N) is 2. The Bertz CT molecular complexity index is 880. The van der Waals surface area contributed by atoms with Crippen LogP contribution in [0.1, 0.15) is 18.1 Å². The summed E-state index contributed by atoms with van der Waals surface area (Å²) >= 11 is 0. The van der Waals surface area contributed by atoms with E-state index in [-0.39, 0.29) is 13.0 Å². The number of hydrogen-bond donors (Lipinski definition) is 2. The molecule has 29 heavy (non-hydrogen) atoms. The van der Waals surface area contributed by atoms with Crippen LogP contribution >= 0.6 is 0 Å². The van der Waals surface area contributed by atoms with Crippen LogP contribution in [0.5, 0.6) is 0 Å². The Morgan fingerprint density at radius 3 is 2.17 bits per heavy atom. The van der Waals surface area contributed by atoms with Crippen molar-refractivity contribution in [2.24, 2.45) is 0 Å². The van der Waals surface area contributed by atoms with Crippen LogP contribution in [0.2, 0.25) is 0 Å². The first-order chi connectivity index (χ1) is 14.0. The maximum atomic E-state index is 12.6. The van der Waals surface area contributed by atoms with Crippen molar-refractivity contribution in [1.29, 1.82) is 0 Å². The summed E-state index contributed by atoms with van der Waals surface area (Å²) in [4.78, 5) is 39.2. The fourth-order valence-electron chi connectivity index (χ4n) is 2.52. The first-order valence-electron chi connectivity index (χ1n) is 9.02. The summed E-state index contributed by atoms with van der Waals surface area (Å²) in [5.41, 5.74) is 10.1. The lowest BCUT2D eigenvalue weighted by molar-refractivity contribution is -0.127. The summed E-state index contributed by atoms with van der Waals surface area (Å²) in [5, 5.41) is 5.05. The van der Waals surface area contributed by atoms with E-state index in [2.05, 4.69) is 15.4 Å². The first kappa shape index (κ1) is 21.5. The van der Waals surface area contributed by atoms with E-state index >= 15 is 0 Å². The van der Waals surface area contributed by atoms with Gasteiger partial charge in [-0.3, -0.25) is 9.59 Å². The highest BCUT2D eigenvalue weighted by Gasteiger charge is 2.25. The number of ether oxygens (including phenoxy) is 1. The number of ketones is 1. The summed E-state index contributed by atoms with van der Waals surface area (Å²) in [7, 11) is 0. The highest BCUT2D eigenvalue weighted by molar-refractivity contribution is 6.28. The fourth-order valence-corrected chi connectivity index (χ4v) is 2.52. The zero-order valence-electron chi connectivity index (χ0n) is 15.9. The molecule has 0 aliphatic heterocycles. The second-order valence-corrected chi connectivity index (χ2v) is 6.33. The highest BCUT2D eigenvalue weighted by atomic mass is 16.5. The van der Waals surface area contributed by atoms with Gasteiger partial charge in [0.2, 0.25) is 5.91 Å². The molecule has 2 rings (SSSR count). The lowest BCUT2D eigenvalue weighted by Gasteiger charge is -2.20. The third-order valence-electron chi connectivity index (χ3n) is 4.07. The van der Waals surface area contributed by atoms with Gasteiger partial charge in [-0.25, -0.2) is 4.79 Å². The van der Waals surface area contributed by atoms with Crippen LogP contribution in [0.25, 0.3) is 5.53 Å². The molecule has 0 saturated carbocycles. The quantitative estimate of drug-likeness (QED) is 0.383. The van der Waals surface area contributed by atoms with Crippen molar-refractivity contribution in [2.75, 3.05) is 0 Å². The van der Waals surface area contributed by atoms with Gasteiger partial charge in [-0.15, -0.1) is 0 Å². The van der Waals surface area contributed by atoms with Gasteiger partial charge in [0.05, 0.1) is 6.04 Å². The summed E-state index contributed by atoms with van der Waals surface area (Å²) in [6.07, 6.45) is 0.168. The molecule has 0 fully saturated rings. The molecular formula is C21H22N4O4. The van der Waals surface area contributed by atoms with Gasteiger partial charge in [0, 0.05) is 6.42 Å². The maximum Gasteiger partial charge on any atom is 0.408 e. The monoisotopic (exact) mass is 394 g/mol. The molecule has 0 aliphatic carbocycles. The summed E-state index contributed by atoms with van der Waals surface area (Å²) in [6.45, 7) is 1.52. The van der Waals surface area contributed by atoms with E-state index in [1.54, 1.807) is 0 Å². The van der Waals surface area contributed by atoms with E-state index in [0.29, 0.717) is 6.21 Å². The second-order valence-electron chi connectivity index (χ2n) is 6.33. The second kappa shape index (κ2) is 11.2. The van der Waals surface area contributed by atoms with E-state index in [1.165, 1.54) is 6.92 Å². The molecule has 2 amide bonds. The zero-order valence-corrected chi connectivity index (χ0v) is 15.9. The molecule has 150 valence electrons. The summed E-state index contributed by atoms with van der Waals surface area (Å²) in [5.74, 6) is -1.14. The number of carbonyl (C=O) groups is 3. The molecule has 0 aromatic heterocycles. The van der Waals surface area contributed by atoms with Crippen LogP contribution in [0, 0.1) is 0 Å². The van der Waals surface area contributed by atoms with Crippen LogP contribution in [0.3, 0.4) is 0 Å². The lowest BCUT2D eigenvalue weighted by Crippen LogP contribution is -2.52. The van der Waals surface area contributed by atoms with Crippen molar-refractivity contribution >= 4 is 24.0 Å². The van der Waals surface area contributed by atoms with Crippen molar-refractivity contribution in [3.05, 3.63) is 77.3 Å². The molecule has 0 unspecified atom stereocenters. The van der Waals surface area contributed by atoms with Crippen molar-refractivity contribution in [1.82, 2.24) is 10.6 Å². The van der Waals surface area contributed by atoms with Gasteiger partial charge in [0.25, 0.3) is 5.78 Å². The van der Waals surface area contributed by atoms with Gasteiger partial charge >= 0.3 is 12.3 Å². The number of hydrogen-bond acceptors (Lipinski definition) is 4. The Balaban J connectivity index is 2.03. The van der Waals surface area contributed by atoms with E-state index in [4.69, 9.17) is 10.3 Å². The van der Waals surface area contributed by atoms with Crippen LogP contribution < -0.4 is 10.6 Å². The standard InChI is InChI=1S/C21H22N4O4/c1-15(19(26)13-23-22)24-20(27)18(12-16-8-4-2-5-9-16)25-21(28)29-14-17-10-6-3-7-11-17/h2-11,13,15,18H,12,14H2,1H3,(H,24,27)(H,25,28)/t15-,18+/m0/s1. The molecule has 0 spiro atoms. The maximum absolute atomic E-state index is 12.6. The van der Waals surface area contributed by atoms with Crippen molar-refractivity contribution < 1.29 is 23.9 Å². The summed E-state index contributed by atoms with van der Waals surface area (Å²) < 4.78 is 5.19. The molecule has 2 atom stereocenters. The van der Waals surface area contributed by atoms with E-state index in [1.807, 2.05) is 60.7 Å². The van der Waals surface area contributed by atoms with Crippen LogP contribution in [-0.4, -0.2) is 40.9 Å². The molecule has 0 radical (unpaired) electrons. The molecule has 0 saturated heterocycles. The minimum absolute atomic E-state index is 0.0637. The normalized spacial score (nSPS) is 12.0. The number of carbonyl (C=O) groups excluding carboxylic acids is 3. The molecule has 0 heterocycles. The topological polar surface area (TPSA) is 121 Å². The van der Waals surface area contributed by atoms with Crippen molar-refractivity contribution in [3.63, 3.8) is 0 Å². The van der Waals surface area contributed by atoms with Crippen LogP contribution in [-0.2, 0) is 27.4 Å². The zero-order chi connectivity index (χ0) is 21.1. The Morgan fingerprint density at radius 1 is 1.00 bits per heavy atom. The van der Waals surface area contributed by atoms with Gasteiger partial charge in [-0.05, 0) is 18.1 Å². The molecule has 2 aromatic carbocycles. The number of nitrogens with zero attached hydrogens (tertiary/aromatic N) is 2. The Kier molecular flexibility index (Phi) is 8.28. The van der Waals surface area contributed by atoms with Crippen molar-refractivity contribution in [2.45, 2.75) is 32.0 Å². The van der Waals surface area contributed by atoms with Crippen molar-refractivity contribution in [3.8, 4) is 0 Å². The SMILES string of the molecule is C[C@H](NC(=O)[C@@H](Cc1ccccc1)NC(=O)OCc1ccccc1)C(=O)C=[N+]=[N-]. The first-order valence-corrected chi connectivity index (χ1v) is 9.02. The minimum Gasteiger partial charge on any atom is -0.445 e. The third-order valence-corrected chi connectivity index (χ3v) is 4.07. The number of amides is 2. The third kappa shape index (κ3) is 7.40. The van der Waals surface area contributed by atoms with E-state index < -0.39 is 29.9 Å². The average molecular weight is 394 g/mol. The minimum atomic E-state index is -0.956. The molecule has 8 nitrogen and oxygen atoms in total. The van der Waals surface area contributed by atoms with Gasteiger partial charge in [0.15, 0.2) is 0 Å². The summed E-state index contributed by atoms with van der Waals surface area (Å²) in [6, 6.07) is 16.4. The van der Waals surface area contributed by atoms with Crippen LogP contribution in [0.4, 0.5) is 4.79 Å². The Morgan fingerprint density at radius 2 is 1.59 bits per heavy atom. The fraction of sp³-hybridized carbons (Fsp3) is 0.238. The Hall–Kier alpha value is -3.77. The Labute approximate surface area is 168 Å². The molecule has 2 N–H and O–H groups in total. The predicted molar refractivity (Wildman–Crippen MR) is 106 cm³/mol. The molecule has 0 aliphatic rings. The number of rotatable bonds is 9. The van der Waals surface area contributed by atoms with Gasteiger partial charge in [-0.2, -0.15) is 4.79 Å². The number of Topliss-reactive ketones (excluding diaryl/α,β-unsaturated/α-hetero) is 1. The van der Waals surface area contributed by atoms with Gasteiger partial charge < -0.3 is 20.9 Å². The van der Waals surface area contributed by atoms with Gasteiger partial charge in [0.1, 0.15) is 12.6 Å². The van der Waals surface area contributed by atoms with Crippen LogP contribution in [0.15, 0.2) is 60.7 Å². The van der Waals surface area contributed by atoms with E-state index in [9.17, 15) is 14.4 Å². The number of alkyl carbamates (subject to hydrolysis) is 1.